The zero-order valence-corrected chi connectivity index (χ0v) is 19.0. The second-order valence-corrected chi connectivity index (χ2v) is 9.28. The van der Waals surface area contributed by atoms with Gasteiger partial charge in [0.15, 0.2) is 15.8 Å². The van der Waals surface area contributed by atoms with E-state index in [0.29, 0.717) is 37.9 Å². The van der Waals surface area contributed by atoms with Gasteiger partial charge in [0.2, 0.25) is 17.8 Å². The van der Waals surface area contributed by atoms with Crippen LogP contribution in [0.4, 0.5) is 16.5 Å². The maximum atomic E-state index is 12.8. The third kappa shape index (κ3) is 5.48. The summed E-state index contributed by atoms with van der Waals surface area (Å²) in [5.74, 6) is 0.766. The number of benzene rings is 2. The summed E-state index contributed by atoms with van der Waals surface area (Å²) in [6.45, 7) is 4.19. The Bertz CT molecular complexity index is 1130. The summed E-state index contributed by atoms with van der Waals surface area (Å²) < 4.78 is 11.3. The normalized spacial score (nSPS) is 12.0. The number of rotatable bonds is 8. The molecule has 1 aliphatic rings. The molecule has 2 amide bonds. The molecule has 166 valence electrons. The number of nitrogens with one attached hydrogen (secondary N) is 3. The average molecular weight is 472 g/mol. The standard InChI is InChI=1S/C21H21N5O4S2/c1-12(2)22-20-25-26-21(32-20)31-10-18(27)24-15-6-4-3-5-14(15)19(28)23-13-7-8-16-17(9-13)30-11-29-16/h3-9,12H,10-11H2,1-2H3,(H,22,25)(H,23,28)(H,24,27). The molecule has 4 rings (SSSR count). The highest BCUT2D eigenvalue weighted by atomic mass is 32.2. The van der Waals surface area contributed by atoms with Gasteiger partial charge in [0, 0.05) is 17.8 Å². The van der Waals surface area contributed by atoms with E-state index in [0.717, 1.165) is 0 Å². The van der Waals surface area contributed by atoms with Crippen LogP contribution in [0.15, 0.2) is 46.8 Å². The fourth-order valence-electron chi connectivity index (χ4n) is 2.85. The first kappa shape index (κ1) is 21.9. The van der Waals surface area contributed by atoms with Gasteiger partial charge in [-0.15, -0.1) is 10.2 Å². The molecule has 0 saturated carbocycles. The van der Waals surface area contributed by atoms with Gasteiger partial charge in [-0.25, -0.2) is 0 Å². The number of aromatic nitrogens is 2. The summed E-state index contributed by atoms with van der Waals surface area (Å²) in [5.41, 5.74) is 1.34. The minimum absolute atomic E-state index is 0.147. The van der Waals surface area contributed by atoms with E-state index in [1.165, 1.54) is 23.1 Å². The Kier molecular flexibility index (Phi) is 6.76. The number of hydrogen-bond donors (Lipinski definition) is 3. The first-order chi connectivity index (χ1) is 15.5. The van der Waals surface area contributed by atoms with Gasteiger partial charge in [-0.3, -0.25) is 9.59 Å². The summed E-state index contributed by atoms with van der Waals surface area (Å²) in [5, 5.41) is 17.6. The second kappa shape index (κ2) is 9.88. The molecule has 9 nitrogen and oxygen atoms in total. The topological polar surface area (TPSA) is 114 Å². The van der Waals surface area contributed by atoms with Crippen molar-refractivity contribution in [1.82, 2.24) is 10.2 Å². The van der Waals surface area contributed by atoms with Gasteiger partial charge in [0.25, 0.3) is 5.91 Å². The average Bonchev–Trinajstić information content (AvgIpc) is 3.41. The molecular weight excluding hydrogens is 450 g/mol. The van der Waals surface area contributed by atoms with E-state index in [9.17, 15) is 9.59 Å². The van der Waals surface area contributed by atoms with Crippen molar-refractivity contribution < 1.29 is 19.1 Å². The Morgan fingerprint density at radius 3 is 2.75 bits per heavy atom. The van der Waals surface area contributed by atoms with E-state index < -0.39 is 0 Å². The highest BCUT2D eigenvalue weighted by Crippen LogP contribution is 2.34. The molecule has 2 aromatic carbocycles. The third-order valence-corrected chi connectivity index (χ3v) is 6.21. The number of para-hydroxylation sites is 1. The molecule has 0 saturated heterocycles. The van der Waals surface area contributed by atoms with Crippen LogP contribution in [-0.4, -0.2) is 40.6 Å². The van der Waals surface area contributed by atoms with Crippen molar-refractivity contribution in [1.29, 1.82) is 0 Å². The maximum absolute atomic E-state index is 12.8. The zero-order valence-electron chi connectivity index (χ0n) is 17.4. The van der Waals surface area contributed by atoms with Crippen LogP contribution < -0.4 is 25.4 Å². The lowest BCUT2D eigenvalue weighted by Gasteiger charge is -2.11. The molecular formula is C21H21N5O4S2. The lowest BCUT2D eigenvalue weighted by molar-refractivity contribution is -0.113. The highest BCUT2D eigenvalue weighted by molar-refractivity contribution is 8.01. The maximum Gasteiger partial charge on any atom is 0.257 e. The van der Waals surface area contributed by atoms with Crippen molar-refractivity contribution in [2.75, 3.05) is 28.5 Å². The number of hydrogen-bond acceptors (Lipinski definition) is 9. The van der Waals surface area contributed by atoms with Gasteiger partial charge in [-0.1, -0.05) is 35.2 Å². The molecule has 0 spiro atoms. The fraction of sp³-hybridized carbons (Fsp3) is 0.238. The second-order valence-electron chi connectivity index (χ2n) is 7.08. The first-order valence-electron chi connectivity index (χ1n) is 9.80. The molecule has 1 aromatic heterocycles. The Morgan fingerprint density at radius 1 is 1.09 bits per heavy atom. The summed E-state index contributed by atoms with van der Waals surface area (Å²) in [4.78, 5) is 25.3. The molecule has 0 atom stereocenters. The van der Waals surface area contributed by atoms with E-state index in [1.807, 2.05) is 13.8 Å². The molecule has 0 unspecified atom stereocenters. The van der Waals surface area contributed by atoms with E-state index in [4.69, 9.17) is 9.47 Å². The molecule has 0 radical (unpaired) electrons. The first-order valence-corrected chi connectivity index (χ1v) is 11.6. The van der Waals surface area contributed by atoms with Gasteiger partial charge < -0.3 is 25.4 Å². The lowest BCUT2D eigenvalue weighted by Crippen LogP contribution is -2.19. The number of carbonyl (C=O) groups excluding carboxylic acids is 2. The van der Waals surface area contributed by atoms with Gasteiger partial charge in [0.1, 0.15) is 0 Å². The van der Waals surface area contributed by atoms with Gasteiger partial charge in [0.05, 0.1) is 17.0 Å². The Balaban J connectivity index is 1.36. The van der Waals surface area contributed by atoms with Crippen LogP contribution >= 0.6 is 23.1 Å². The third-order valence-electron chi connectivity index (χ3n) is 4.22. The molecule has 1 aliphatic heterocycles. The zero-order chi connectivity index (χ0) is 22.5. The molecule has 3 aromatic rings. The minimum atomic E-state index is -0.346. The monoisotopic (exact) mass is 471 g/mol. The van der Waals surface area contributed by atoms with Crippen LogP contribution in [0, 0.1) is 0 Å². The lowest BCUT2D eigenvalue weighted by atomic mass is 10.1. The Hall–Kier alpha value is -3.31. The Morgan fingerprint density at radius 2 is 1.91 bits per heavy atom. The summed E-state index contributed by atoms with van der Waals surface area (Å²) in [6, 6.07) is 12.3. The van der Waals surface area contributed by atoms with Crippen molar-refractivity contribution in [2.24, 2.45) is 0 Å². The molecule has 0 bridgehead atoms. The summed E-state index contributed by atoms with van der Waals surface area (Å²) >= 11 is 2.68. The minimum Gasteiger partial charge on any atom is -0.454 e. The van der Waals surface area contributed by atoms with Crippen molar-refractivity contribution in [3.05, 3.63) is 48.0 Å². The summed E-state index contributed by atoms with van der Waals surface area (Å²) in [6.07, 6.45) is 0. The molecule has 2 heterocycles. The van der Waals surface area contributed by atoms with Crippen LogP contribution in [0.3, 0.4) is 0 Å². The van der Waals surface area contributed by atoms with E-state index in [1.54, 1.807) is 42.5 Å². The molecule has 0 aliphatic carbocycles. The predicted molar refractivity (Wildman–Crippen MR) is 125 cm³/mol. The van der Waals surface area contributed by atoms with Crippen molar-refractivity contribution >= 4 is 51.4 Å². The molecule has 11 heteroatoms. The van der Waals surface area contributed by atoms with E-state index in [-0.39, 0.29) is 30.4 Å². The van der Waals surface area contributed by atoms with Crippen molar-refractivity contribution in [3.8, 4) is 11.5 Å². The quantitative estimate of drug-likeness (QED) is 0.421. The number of nitrogens with zero attached hydrogens (tertiary/aromatic N) is 2. The number of ether oxygens (including phenoxy) is 2. The van der Waals surface area contributed by atoms with Gasteiger partial charge in [-0.2, -0.15) is 0 Å². The Labute approximate surface area is 192 Å². The van der Waals surface area contributed by atoms with Crippen LogP contribution in [0.1, 0.15) is 24.2 Å². The number of fused-ring (bicyclic) bond motifs is 1. The fourth-order valence-corrected chi connectivity index (χ4v) is 4.55. The van der Waals surface area contributed by atoms with Crippen LogP contribution in [0.25, 0.3) is 0 Å². The number of anilines is 3. The summed E-state index contributed by atoms with van der Waals surface area (Å²) in [7, 11) is 0. The molecule has 32 heavy (non-hydrogen) atoms. The van der Waals surface area contributed by atoms with E-state index >= 15 is 0 Å². The highest BCUT2D eigenvalue weighted by Gasteiger charge is 2.17. The van der Waals surface area contributed by atoms with Crippen molar-refractivity contribution in [2.45, 2.75) is 24.2 Å². The largest absolute Gasteiger partial charge is 0.454 e. The van der Waals surface area contributed by atoms with Gasteiger partial charge >= 0.3 is 0 Å². The molecule has 0 fully saturated rings. The van der Waals surface area contributed by atoms with Crippen LogP contribution in [-0.2, 0) is 4.79 Å². The van der Waals surface area contributed by atoms with E-state index in [2.05, 4.69) is 26.1 Å². The van der Waals surface area contributed by atoms with Gasteiger partial charge in [-0.05, 0) is 38.1 Å². The number of carbonyl (C=O) groups is 2. The smallest absolute Gasteiger partial charge is 0.257 e. The predicted octanol–water partition coefficient (Wildman–Crippen LogP) is 4.07. The number of amides is 2. The SMILES string of the molecule is CC(C)Nc1nnc(SCC(=O)Nc2ccccc2C(=O)Nc2ccc3c(c2)OCO3)s1. The van der Waals surface area contributed by atoms with Crippen LogP contribution in [0.2, 0.25) is 0 Å². The van der Waals surface area contributed by atoms with Crippen LogP contribution in [0.5, 0.6) is 11.5 Å². The number of thioether (sulfide) groups is 1. The van der Waals surface area contributed by atoms with Crippen molar-refractivity contribution in [3.63, 3.8) is 0 Å². The molecule has 3 N–H and O–H groups in total.